The molecule has 0 aromatic heterocycles. The van der Waals surface area contributed by atoms with E-state index in [1.165, 1.54) is 45.4 Å². The molecule has 2 aliphatic rings. The molecule has 0 aromatic carbocycles. The molecule has 1 saturated heterocycles. The van der Waals surface area contributed by atoms with Crippen LogP contribution in [0.4, 0.5) is 0 Å². The molecule has 0 spiro atoms. The highest BCUT2D eigenvalue weighted by Gasteiger charge is 2.24. The molecule has 0 amide bonds. The predicted octanol–water partition coefficient (Wildman–Crippen LogP) is 1.92. The number of hydrogen-bond acceptors (Lipinski definition) is 2. The van der Waals surface area contributed by atoms with E-state index in [0.29, 0.717) is 0 Å². The first-order chi connectivity index (χ1) is 5.86. The number of nitrogens with zero attached hydrogens (tertiary/aromatic N) is 1. The van der Waals surface area contributed by atoms with Crippen LogP contribution >= 0.6 is 24.8 Å². The van der Waals surface area contributed by atoms with Crippen LogP contribution in [-0.2, 0) is 0 Å². The number of nitrogens with one attached hydrogen (secondary N) is 1. The molecule has 1 aliphatic heterocycles. The second-order valence-electron chi connectivity index (χ2n) is 4.35. The third-order valence-electron chi connectivity index (χ3n) is 3.36. The molecule has 2 fully saturated rings. The highest BCUT2D eigenvalue weighted by molar-refractivity contribution is 5.85. The molecule has 4 heteroatoms. The first-order valence-electron chi connectivity index (χ1n) is 5.31. The Bertz CT molecular complexity index is 151. The van der Waals surface area contributed by atoms with Crippen LogP contribution in [0.5, 0.6) is 0 Å². The summed E-state index contributed by atoms with van der Waals surface area (Å²) in [7, 11) is 0. The fraction of sp³-hybridized carbons (Fsp3) is 1.00. The van der Waals surface area contributed by atoms with Gasteiger partial charge in [0.25, 0.3) is 0 Å². The van der Waals surface area contributed by atoms with Gasteiger partial charge in [0, 0.05) is 32.2 Å². The minimum atomic E-state index is 0. The first-order valence-corrected chi connectivity index (χ1v) is 5.31. The fourth-order valence-electron chi connectivity index (χ4n) is 2.16. The van der Waals surface area contributed by atoms with Crippen molar-refractivity contribution in [1.82, 2.24) is 10.2 Å². The van der Waals surface area contributed by atoms with Crippen molar-refractivity contribution in [3.8, 4) is 0 Å². The minimum absolute atomic E-state index is 0. The van der Waals surface area contributed by atoms with Crippen LogP contribution in [0.25, 0.3) is 0 Å². The van der Waals surface area contributed by atoms with Gasteiger partial charge in [-0.2, -0.15) is 0 Å². The van der Waals surface area contributed by atoms with E-state index in [2.05, 4.69) is 17.1 Å². The lowest BCUT2D eigenvalue weighted by molar-refractivity contribution is 0.119. The van der Waals surface area contributed by atoms with Gasteiger partial charge < -0.3 is 5.32 Å². The van der Waals surface area contributed by atoms with Crippen LogP contribution in [0.1, 0.15) is 26.2 Å². The molecule has 0 radical (unpaired) electrons. The van der Waals surface area contributed by atoms with E-state index < -0.39 is 0 Å². The molecule has 1 saturated carbocycles. The Morgan fingerprint density at radius 2 is 2.00 bits per heavy atom. The number of piperazine rings is 1. The Balaban J connectivity index is 0.000000845. The summed E-state index contributed by atoms with van der Waals surface area (Å²) in [6.07, 6.45) is 4.44. The van der Waals surface area contributed by atoms with E-state index in [1.54, 1.807) is 0 Å². The van der Waals surface area contributed by atoms with Crippen molar-refractivity contribution < 1.29 is 0 Å². The van der Waals surface area contributed by atoms with Crippen LogP contribution in [0, 0.1) is 5.92 Å². The molecule has 1 N–H and O–H groups in total. The Hall–Kier alpha value is 0.500. The maximum Gasteiger partial charge on any atom is 0.0193 e. The summed E-state index contributed by atoms with van der Waals surface area (Å²) in [6.45, 7) is 7.34. The van der Waals surface area contributed by atoms with Gasteiger partial charge in [-0.1, -0.05) is 6.42 Å². The zero-order valence-corrected chi connectivity index (χ0v) is 10.5. The van der Waals surface area contributed by atoms with Gasteiger partial charge in [0.15, 0.2) is 0 Å². The summed E-state index contributed by atoms with van der Waals surface area (Å²) in [4.78, 5) is 2.65. The lowest BCUT2D eigenvalue weighted by atomic mass is 9.85. The first kappa shape index (κ1) is 14.5. The molecule has 2 rings (SSSR count). The molecule has 1 aliphatic carbocycles. The van der Waals surface area contributed by atoms with Crippen molar-refractivity contribution in [1.29, 1.82) is 0 Å². The molecule has 0 unspecified atom stereocenters. The number of halogens is 2. The topological polar surface area (TPSA) is 15.3 Å². The normalized spacial score (nSPS) is 28.5. The summed E-state index contributed by atoms with van der Waals surface area (Å²) < 4.78 is 0. The van der Waals surface area contributed by atoms with Gasteiger partial charge in [0.05, 0.1) is 0 Å². The second kappa shape index (κ2) is 6.89. The monoisotopic (exact) mass is 240 g/mol. The second-order valence-corrected chi connectivity index (χ2v) is 4.35. The lowest BCUT2D eigenvalue weighted by Crippen LogP contribution is -2.51. The lowest BCUT2D eigenvalue weighted by Gasteiger charge is -2.38. The molecule has 2 nitrogen and oxygen atoms in total. The van der Waals surface area contributed by atoms with Gasteiger partial charge in [-0.05, 0) is 25.7 Å². The van der Waals surface area contributed by atoms with Gasteiger partial charge >= 0.3 is 0 Å². The van der Waals surface area contributed by atoms with Gasteiger partial charge in [0.1, 0.15) is 0 Å². The number of hydrogen-bond donors (Lipinski definition) is 1. The van der Waals surface area contributed by atoms with E-state index in [4.69, 9.17) is 0 Å². The van der Waals surface area contributed by atoms with E-state index in [-0.39, 0.29) is 24.8 Å². The maximum atomic E-state index is 3.43. The van der Waals surface area contributed by atoms with E-state index >= 15 is 0 Å². The highest BCUT2D eigenvalue weighted by atomic mass is 35.5. The van der Waals surface area contributed by atoms with Crippen molar-refractivity contribution in [2.45, 2.75) is 32.2 Å². The molecule has 86 valence electrons. The standard InChI is InChI=1S/C10H20N2.2ClH/c1-9-7-11-5-6-12(9)8-10-3-2-4-10;;/h9-11H,2-8H2,1H3;2*1H/t9-;;/m0../s1. The molecule has 0 bridgehead atoms. The largest absolute Gasteiger partial charge is 0.314 e. The quantitative estimate of drug-likeness (QED) is 0.794. The highest BCUT2D eigenvalue weighted by Crippen LogP contribution is 2.27. The Kier molecular flexibility index (Phi) is 7.13. The van der Waals surface area contributed by atoms with Crippen molar-refractivity contribution in [2.75, 3.05) is 26.2 Å². The Morgan fingerprint density at radius 3 is 2.50 bits per heavy atom. The molecular formula is C10H22Cl2N2. The summed E-state index contributed by atoms with van der Waals surface area (Å²) in [5, 5.41) is 3.43. The van der Waals surface area contributed by atoms with Gasteiger partial charge in [0.2, 0.25) is 0 Å². The van der Waals surface area contributed by atoms with Crippen molar-refractivity contribution in [2.24, 2.45) is 5.92 Å². The van der Waals surface area contributed by atoms with Crippen LogP contribution in [0.15, 0.2) is 0 Å². The van der Waals surface area contributed by atoms with Crippen molar-refractivity contribution >= 4 is 24.8 Å². The smallest absolute Gasteiger partial charge is 0.0193 e. The average Bonchev–Trinajstić information content (AvgIpc) is 2.00. The SMILES string of the molecule is C[C@H]1CNCCN1CC1CCC1.Cl.Cl. The zero-order chi connectivity index (χ0) is 8.39. The maximum absolute atomic E-state index is 3.43. The summed E-state index contributed by atoms with van der Waals surface area (Å²) in [6, 6.07) is 0.763. The van der Waals surface area contributed by atoms with Crippen LogP contribution < -0.4 is 5.32 Å². The van der Waals surface area contributed by atoms with Crippen molar-refractivity contribution in [3.05, 3.63) is 0 Å². The fourth-order valence-corrected chi connectivity index (χ4v) is 2.16. The van der Waals surface area contributed by atoms with Crippen molar-refractivity contribution in [3.63, 3.8) is 0 Å². The molecule has 14 heavy (non-hydrogen) atoms. The Morgan fingerprint density at radius 1 is 1.29 bits per heavy atom. The van der Waals surface area contributed by atoms with E-state index in [1.807, 2.05) is 0 Å². The number of rotatable bonds is 2. The van der Waals surface area contributed by atoms with E-state index in [0.717, 1.165) is 12.0 Å². The van der Waals surface area contributed by atoms with Crippen LogP contribution in [0.3, 0.4) is 0 Å². The summed E-state index contributed by atoms with van der Waals surface area (Å²) >= 11 is 0. The Labute approximate surface area is 99.6 Å². The van der Waals surface area contributed by atoms with Gasteiger partial charge in [-0.3, -0.25) is 4.90 Å². The third kappa shape index (κ3) is 3.58. The van der Waals surface area contributed by atoms with Crippen LogP contribution in [0.2, 0.25) is 0 Å². The zero-order valence-electron chi connectivity index (χ0n) is 8.87. The van der Waals surface area contributed by atoms with Gasteiger partial charge in [-0.15, -0.1) is 24.8 Å². The summed E-state index contributed by atoms with van der Waals surface area (Å²) in [5.74, 6) is 1.03. The van der Waals surface area contributed by atoms with E-state index in [9.17, 15) is 0 Å². The molecule has 0 aromatic rings. The van der Waals surface area contributed by atoms with Crippen LogP contribution in [-0.4, -0.2) is 37.1 Å². The minimum Gasteiger partial charge on any atom is -0.314 e. The third-order valence-corrected chi connectivity index (χ3v) is 3.36. The van der Waals surface area contributed by atoms with Gasteiger partial charge in [-0.25, -0.2) is 0 Å². The average molecular weight is 241 g/mol. The molecule has 1 atom stereocenters. The summed E-state index contributed by atoms with van der Waals surface area (Å²) in [5.41, 5.74) is 0. The molecular weight excluding hydrogens is 219 g/mol. The predicted molar refractivity (Wildman–Crippen MR) is 65.7 cm³/mol. The molecule has 1 heterocycles.